The van der Waals surface area contributed by atoms with Crippen molar-refractivity contribution in [1.82, 2.24) is 0 Å². The predicted molar refractivity (Wildman–Crippen MR) is 69.8 cm³/mol. The number of carboxylic acid groups (broad SMARTS) is 1. The lowest BCUT2D eigenvalue weighted by Gasteiger charge is -2.22. The van der Waals surface area contributed by atoms with Crippen molar-refractivity contribution in [3.05, 3.63) is 29.8 Å². The molecule has 3 unspecified atom stereocenters. The van der Waals surface area contributed by atoms with Crippen molar-refractivity contribution in [1.29, 1.82) is 0 Å². The average Bonchev–Trinajstić information content (AvgIpc) is 2.74. The van der Waals surface area contributed by atoms with Crippen LogP contribution in [0.1, 0.15) is 25.3 Å². The third-order valence-electron chi connectivity index (χ3n) is 3.28. The highest BCUT2D eigenvalue weighted by Crippen LogP contribution is 2.24. The number of rotatable bonds is 4. The fraction of sp³-hybridized carbons (Fsp3) is 0.500. The van der Waals surface area contributed by atoms with Gasteiger partial charge in [0, 0.05) is 5.69 Å². The average molecular weight is 249 g/mol. The molecule has 0 aromatic heterocycles. The molecule has 2 N–H and O–H groups in total. The quantitative estimate of drug-likeness (QED) is 0.860. The van der Waals surface area contributed by atoms with Gasteiger partial charge in [-0.15, -0.1) is 0 Å². The molecule has 1 saturated heterocycles. The summed E-state index contributed by atoms with van der Waals surface area (Å²) in [6.07, 6.45) is 1.61. The van der Waals surface area contributed by atoms with Crippen LogP contribution in [0.15, 0.2) is 24.3 Å². The van der Waals surface area contributed by atoms with E-state index >= 15 is 0 Å². The molecular weight excluding hydrogens is 230 g/mol. The first-order valence-electron chi connectivity index (χ1n) is 6.28. The van der Waals surface area contributed by atoms with E-state index in [9.17, 15) is 9.90 Å². The Bertz CT molecular complexity index is 416. The van der Waals surface area contributed by atoms with Gasteiger partial charge in [0.05, 0.1) is 12.2 Å². The van der Waals surface area contributed by atoms with Gasteiger partial charge in [-0.3, -0.25) is 0 Å². The molecule has 1 fully saturated rings. The molecule has 1 heterocycles. The third-order valence-corrected chi connectivity index (χ3v) is 3.28. The SMILES string of the molecule is Cc1ccc(NC(C(=O)O)C2CCC(C)O2)cc1. The summed E-state index contributed by atoms with van der Waals surface area (Å²) in [5.41, 5.74) is 1.97. The second kappa shape index (κ2) is 5.40. The Hall–Kier alpha value is -1.55. The number of anilines is 1. The van der Waals surface area contributed by atoms with Gasteiger partial charge in [0.2, 0.25) is 0 Å². The van der Waals surface area contributed by atoms with Crippen LogP contribution in [-0.4, -0.2) is 29.3 Å². The van der Waals surface area contributed by atoms with Crippen molar-refractivity contribution >= 4 is 11.7 Å². The standard InChI is InChI=1S/C14H19NO3/c1-9-3-6-11(7-4-9)15-13(14(16)17)12-8-5-10(2)18-12/h3-4,6-7,10,12-13,15H,5,8H2,1-2H3,(H,16,17). The van der Waals surface area contributed by atoms with Crippen LogP contribution in [0, 0.1) is 6.92 Å². The Balaban J connectivity index is 2.07. The molecule has 1 aliphatic rings. The van der Waals surface area contributed by atoms with Crippen LogP contribution in [-0.2, 0) is 9.53 Å². The molecule has 0 saturated carbocycles. The fourth-order valence-corrected chi connectivity index (χ4v) is 2.22. The van der Waals surface area contributed by atoms with E-state index in [1.165, 1.54) is 0 Å². The van der Waals surface area contributed by atoms with Crippen molar-refractivity contribution in [2.75, 3.05) is 5.32 Å². The van der Waals surface area contributed by atoms with E-state index in [1.807, 2.05) is 38.1 Å². The van der Waals surface area contributed by atoms with E-state index < -0.39 is 12.0 Å². The molecule has 1 aliphatic heterocycles. The van der Waals surface area contributed by atoms with Crippen LogP contribution < -0.4 is 5.32 Å². The van der Waals surface area contributed by atoms with E-state index in [4.69, 9.17) is 4.74 Å². The number of hydrogen-bond acceptors (Lipinski definition) is 3. The minimum Gasteiger partial charge on any atom is -0.480 e. The maximum absolute atomic E-state index is 11.3. The van der Waals surface area contributed by atoms with E-state index in [2.05, 4.69) is 5.32 Å². The summed E-state index contributed by atoms with van der Waals surface area (Å²) in [6.45, 7) is 3.98. The van der Waals surface area contributed by atoms with Gasteiger partial charge >= 0.3 is 5.97 Å². The summed E-state index contributed by atoms with van der Waals surface area (Å²) < 4.78 is 5.64. The highest BCUT2D eigenvalue weighted by atomic mass is 16.5. The monoisotopic (exact) mass is 249 g/mol. The lowest BCUT2D eigenvalue weighted by Crippen LogP contribution is -2.40. The zero-order chi connectivity index (χ0) is 13.1. The first-order valence-corrected chi connectivity index (χ1v) is 6.28. The van der Waals surface area contributed by atoms with Crippen molar-refractivity contribution in [3.63, 3.8) is 0 Å². The molecule has 3 atom stereocenters. The number of nitrogens with one attached hydrogen (secondary N) is 1. The van der Waals surface area contributed by atoms with Crippen molar-refractivity contribution < 1.29 is 14.6 Å². The third kappa shape index (κ3) is 3.01. The van der Waals surface area contributed by atoms with Gasteiger partial charge in [0.25, 0.3) is 0 Å². The number of aryl methyl sites for hydroxylation is 1. The van der Waals surface area contributed by atoms with Gasteiger partial charge in [0.15, 0.2) is 6.04 Å². The lowest BCUT2D eigenvalue weighted by atomic mass is 10.1. The number of ether oxygens (including phenoxy) is 1. The number of benzene rings is 1. The Morgan fingerprint density at radius 3 is 2.56 bits per heavy atom. The smallest absolute Gasteiger partial charge is 0.328 e. The number of hydrogen-bond donors (Lipinski definition) is 2. The minimum atomic E-state index is -0.866. The van der Waals surface area contributed by atoms with E-state index in [-0.39, 0.29) is 12.2 Å². The highest BCUT2D eigenvalue weighted by molar-refractivity contribution is 5.78. The Morgan fingerprint density at radius 1 is 1.39 bits per heavy atom. The zero-order valence-corrected chi connectivity index (χ0v) is 10.7. The van der Waals surface area contributed by atoms with Crippen LogP contribution >= 0.6 is 0 Å². The number of carbonyl (C=O) groups is 1. The van der Waals surface area contributed by atoms with Gasteiger partial charge in [0.1, 0.15) is 0 Å². The van der Waals surface area contributed by atoms with Crippen molar-refractivity contribution in [2.45, 2.75) is 44.9 Å². The van der Waals surface area contributed by atoms with Gasteiger partial charge in [-0.25, -0.2) is 4.79 Å². The second-order valence-corrected chi connectivity index (χ2v) is 4.89. The summed E-state index contributed by atoms with van der Waals surface area (Å²) >= 11 is 0. The molecule has 4 nitrogen and oxygen atoms in total. The lowest BCUT2D eigenvalue weighted by molar-refractivity contribution is -0.141. The Labute approximate surface area is 107 Å². The van der Waals surface area contributed by atoms with Gasteiger partial charge in [-0.2, -0.15) is 0 Å². The fourth-order valence-electron chi connectivity index (χ4n) is 2.22. The normalized spacial score (nSPS) is 24.8. The summed E-state index contributed by atoms with van der Waals surface area (Å²) in [7, 11) is 0. The molecular formula is C14H19NO3. The molecule has 2 rings (SSSR count). The summed E-state index contributed by atoms with van der Waals surface area (Å²) in [5.74, 6) is -0.866. The largest absolute Gasteiger partial charge is 0.480 e. The second-order valence-electron chi connectivity index (χ2n) is 4.89. The summed E-state index contributed by atoms with van der Waals surface area (Å²) in [5, 5.41) is 12.3. The van der Waals surface area contributed by atoms with Gasteiger partial charge in [-0.05, 0) is 38.8 Å². The van der Waals surface area contributed by atoms with E-state index in [1.54, 1.807) is 0 Å². The topological polar surface area (TPSA) is 58.6 Å². The van der Waals surface area contributed by atoms with Crippen molar-refractivity contribution in [2.24, 2.45) is 0 Å². The van der Waals surface area contributed by atoms with Crippen LogP contribution in [0.3, 0.4) is 0 Å². The molecule has 0 radical (unpaired) electrons. The summed E-state index contributed by atoms with van der Waals surface area (Å²) in [6, 6.07) is 7.02. The first-order chi connectivity index (χ1) is 8.56. The van der Waals surface area contributed by atoms with Crippen LogP contribution in [0.5, 0.6) is 0 Å². The van der Waals surface area contributed by atoms with Gasteiger partial charge < -0.3 is 15.2 Å². The van der Waals surface area contributed by atoms with Crippen LogP contribution in [0.4, 0.5) is 5.69 Å². The first kappa shape index (κ1) is 12.9. The molecule has 4 heteroatoms. The zero-order valence-electron chi connectivity index (χ0n) is 10.7. The maximum atomic E-state index is 11.3. The molecule has 0 spiro atoms. The van der Waals surface area contributed by atoms with Crippen molar-refractivity contribution in [3.8, 4) is 0 Å². The molecule has 0 amide bonds. The molecule has 98 valence electrons. The van der Waals surface area contributed by atoms with Gasteiger partial charge in [-0.1, -0.05) is 17.7 Å². The molecule has 1 aromatic carbocycles. The minimum absolute atomic E-state index is 0.150. The Kier molecular flexibility index (Phi) is 3.87. The summed E-state index contributed by atoms with van der Waals surface area (Å²) in [4.78, 5) is 11.3. The highest BCUT2D eigenvalue weighted by Gasteiger charge is 2.34. The van der Waals surface area contributed by atoms with E-state index in [0.717, 1.165) is 24.1 Å². The molecule has 1 aromatic rings. The van der Waals surface area contributed by atoms with Crippen LogP contribution in [0.2, 0.25) is 0 Å². The number of carboxylic acids is 1. The van der Waals surface area contributed by atoms with E-state index in [0.29, 0.717) is 0 Å². The number of aliphatic carboxylic acids is 1. The molecule has 18 heavy (non-hydrogen) atoms. The van der Waals surface area contributed by atoms with Crippen LogP contribution in [0.25, 0.3) is 0 Å². The Morgan fingerprint density at radius 2 is 2.06 bits per heavy atom. The predicted octanol–water partition coefficient (Wildman–Crippen LogP) is 2.43. The molecule has 0 aliphatic carbocycles. The molecule has 0 bridgehead atoms. The maximum Gasteiger partial charge on any atom is 0.328 e.